The van der Waals surface area contributed by atoms with Crippen LogP contribution in [0, 0.1) is 6.92 Å². The molecule has 2 aliphatic rings. The van der Waals surface area contributed by atoms with Gasteiger partial charge in [0.1, 0.15) is 11.6 Å². The number of aromatic nitrogens is 2. The van der Waals surface area contributed by atoms with E-state index in [0.29, 0.717) is 19.0 Å². The highest BCUT2D eigenvalue weighted by Crippen LogP contribution is 2.34. The van der Waals surface area contributed by atoms with Gasteiger partial charge < -0.3 is 18.8 Å². The number of ether oxygens (including phenoxy) is 3. The van der Waals surface area contributed by atoms with Crippen molar-refractivity contribution >= 4 is 6.09 Å². The third-order valence-corrected chi connectivity index (χ3v) is 6.06. The molecule has 174 valence electrons. The molecule has 0 aliphatic carbocycles. The highest BCUT2D eigenvalue weighted by Gasteiger charge is 2.25. The van der Waals surface area contributed by atoms with Crippen LogP contribution >= 0.6 is 0 Å². The molecule has 1 aromatic heterocycles. The van der Waals surface area contributed by atoms with Crippen molar-refractivity contribution in [3.8, 4) is 23.0 Å². The molecule has 1 unspecified atom stereocenters. The monoisotopic (exact) mass is 442 g/mol. The molecule has 0 saturated carbocycles. The minimum absolute atomic E-state index is 0.115. The summed E-state index contributed by atoms with van der Waals surface area (Å²) in [7, 11) is 0. The summed E-state index contributed by atoms with van der Waals surface area (Å²) in [6, 6.07) is 7.84. The number of carbonyl (C=O) groups excluding carboxylic acids is 1. The van der Waals surface area contributed by atoms with Crippen LogP contribution in [0.5, 0.6) is 11.6 Å². The number of hydrazine groups is 1. The topological polar surface area (TPSA) is 77.9 Å². The Morgan fingerprint density at radius 3 is 2.75 bits per heavy atom. The zero-order valence-corrected chi connectivity index (χ0v) is 19.1. The Morgan fingerprint density at radius 2 is 2.00 bits per heavy atom. The molecular formula is C24H34N4O4. The lowest BCUT2D eigenvalue weighted by Crippen LogP contribution is -2.46. The smallest absolute Gasteiger partial charge is 0.428 e. The number of hydrogen-bond donors (Lipinski definition) is 1. The molecular weight excluding hydrogens is 408 g/mol. The molecule has 1 N–H and O–H groups in total. The van der Waals surface area contributed by atoms with Gasteiger partial charge in [0.2, 0.25) is 5.88 Å². The van der Waals surface area contributed by atoms with E-state index < -0.39 is 6.09 Å². The van der Waals surface area contributed by atoms with Crippen molar-refractivity contribution in [3.05, 3.63) is 30.0 Å². The van der Waals surface area contributed by atoms with Gasteiger partial charge in [-0.15, -0.1) is 0 Å². The second-order valence-corrected chi connectivity index (χ2v) is 8.40. The molecule has 8 heteroatoms. The molecule has 0 spiro atoms. The van der Waals surface area contributed by atoms with Crippen LogP contribution in [0.4, 0.5) is 4.79 Å². The number of nitrogens with one attached hydrogen (secondary N) is 1. The van der Waals surface area contributed by atoms with E-state index in [4.69, 9.17) is 19.2 Å². The van der Waals surface area contributed by atoms with Gasteiger partial charge in [0.25, 0.3) is 0 Å². The Balaban J connectivity index is 1.61. The van der Waals surface area contributed by atoms with Crippen molar-refractivity contribution in [2.45, 2.75) is 65.0 Å². The van der Waals surface area contributed by atoms with Crippen LogP contribution in [-0.4, -0.2) is 53.1 Å². The lowest BCUT2D eigenvalue weighted by atomic mass is 10.1. The number of carbonyl (C=O) groups is 1. The zero-order chi connectivity index (χ0) is 22.3. The maximum Gasteiger partial charge on any atom is 0.428 e. The van der Waals surface area contributed by atoms with Crippen LogP contribution in [0.15, 0.2) is 24.3 Å². The normalized spacial score (nSPS) is 19.5. The molecule has 0 radical (unpaired) electrons. The molecule has 4 rings (SSSR count). The second-order valence-electron chi connectivity index (χ2n) is 8.40. The van der Waals surface area contributed by atoms with Crippen molar-refractivity contribution < 1.29 is 19.0 Å². The van der Waals surface area contributed by atoms with Gasteiger partial charge in [0.15, 0.2) is 0 Å². The lowest BCUT2D eigenvalue weighted by molar-refractivity contribution is 0.00592. The molecule has 0 bridgehead atoms. The molecule has 2 fully saturated rings. The van der Waals surface area contributed by atoms with Crippen LogP contribution in [0.2, 0.25) is 0 Å². The maximum absolute atomic E-state index is 12.6. The largest absolute Gasteiger partial charge is 0.493 e. The molecule has 2 aliphatic heterocycles. The number of benzene rings is 1. The first-order chi connectivity index (χ1) is 15.7. The molecule has 8 nitrogen and oxygen atoms in total. The van der Waals surface area contributed by atoms with E-state index in [2.05, 4.69) is 9.99 Å². The van der Waals surface area contributed by atoms with Gasteiger partial charge in [0.05, 0.1) is 30.5 Å². The first-order valence-corrected chi connectivity index (χ1v) is 11.8. The maximum atomic E-state index is 12.6. The predicted octanol–water partition coefficient (Wildman–Crippen LogP) is 4.32. The Labute approximate surface area is 189 Å². The average Bonchev–Trinajstić information content (AvgIpc) is 3.10. The van der Waals surface area contributed by atoms with E-state index in [-0.39, 0.29) is 6.10 Å². The van der Waals surface area contributed by atoms with E-state index >= 15 is 0 Å². The summed E-state index contributed by atoms with van der Waals surface area (Å²) in [6.45, 7) is 7.58. The first kappa shape index (κ1) is 22.6. The molecule has 1 amide bonds. The molecule has 32 heavy (non-hydrogen) atoms. The zero-order valence-electron chi connectivity index (χ0n) is 19.1. The van der Waals surface area contributed by atoms with Gasteiger partial charge in [-0.2, -0.15) is 4.98 Å². The fourth-order valence-electron chi connectivity index (χ4n) is 4.37. The highest BCUT2D eigenvalue weighted by molar-refractivity contribution is 5.71. The Kier molecular flexibility index (Phi) is 7.65. The van der Waals surface area contributed by atoms with E-state index in [0.717, 1.165) is 74.6 Å². The molecule has 1 aromatic carbocycles. The summed E-state index contributed by atoms with van der Waals surface area (Å²) in [6.07, 6.45) is 6.23. The number of hydrogen-bond acceptors (Lipinski definition) is 6. The average molecular weight is 443 g/mol. The van der Waals surface area contributed by atoms with Crippen LogP contribution in [0.3, 0.4) is 0 Å². The van der Waals surface area contributed by atoms with Gasteiger partial charge in [-0.05, 0) is 58.1 Å². The van der Waals surface area contributed by atoms with Crippen LogP contribution < -0.4 is 14.9 Å². The molecule has 1 atom stereocenters. The minimum Gasteiger partial charge on any atom is -0.493 e. The predicted molar refractivity (Wildman–Crippen MR) is 122 cm³/mol. The van der Waals surface area contributed by atoms with E-state index in [9.17, 15) is 4.79 Å². The minimum atomic E-state index is -0.502. The Hall–Kier alpha value is -2.58. The van der Waals surface area contributed by atoms with Gasteiger partial charge in [0, 0.05) is 19.7 Å². The number of rotatable bonds is 7. The lowest BCUT2D eigenvalue weighted by Gasteiger charge is -2.26. The number of para-hydroxylation sites is 1. The Bertz CT molecular complexity index is 901. The van der Waals surface area contributed by atoms with E-state index in [1.165, 1.54) is 6.42 Å². The second kappa shape index (κ2) is 10.8. The number of imidazole rings is 1. The number of amides is 1. The summed E-state index contributed by atoms with van der Waals surface area (Å²) < 4.78 is 19.6. The fraction of sp³-hybridized carbons (Fsp3) is 0.583. The number of piperidine rings is 1. The summed E-state index contributed by atoms with van der Waals surface area (Å²) in [5, 5.41) is 1.92. The molecule has 2 saturated heterocycles. The van der Waals surface area contributed by atoms with Gasteiger partial charge in [-0.3, -0.25) is 5.43 Å². The van der Waals surface area contributed by atoms with E-state index in [1.54, 1.807) is 0 Å². The SMILES string of the molecule is CCOc1ccccc1-c1nc(OC(=O)NN2CCCCC2)c(C)n1CC1CCCCO1. The van der Waals surface area contributed by atoms with Crippen molar-refractivity contribution in [2.75, 3.05) is 26.3 Å². The summed E-state index contributed by atoms with van der Waals surface area (Å²) >= 11 is 0. The Morgan fingerprint density at radius 1 is 1.19 bits per heavy atom. The molecule has 3 heterocycles. The first-order valence-electron chi connectivity index (χ1n) is 11.8. The fourth-order valence-corrected chi connectivity index (χ4v) is 4.37. The van der Waals surface area contributed by atoms with Crippen LogP contribution in [-0.2, 0) is 11.3 Å². The summed E-state index contributed by atoms with van der Waals surface area (Å²) in [5.41, 5.74) is 4.52. The van der Waals surface area contributed by atoms with Gasteiger partial charge >= 0.3 is 6.09 Å². The van der Waals surface area contributed by atoms with Crippen molar-refractivity contribution in [1.82, 2.24) is 20.0 Å². The highest BCUT2D eigenvalue weighted by atomic mass is 16.6. The number of nitrogens with zero attached hydrogens (tertiary/aromatic N) is 3. The standard InChI is InChI=1S/C24H34N4O4/c1-3-30-21-13-6-5-12-20(21)22-25-23(32-24(29)26-27-14-8-4-9-15-27)18(2)28(22)17-19-11-7-10-16-31-19/h5-6,12-13,19H,3-4,7-11,14-17H2,1-2H3,(H,26,29). The van der Waals surface area contributed by atoms with Crippen molar-refractivity contribution in [2.24, 2.45) is 0 Å². The van der Waals surface area contributed by atoms with Crippen molar-refractivity contribution in [1.29, 1.82) is 0 Å². The van der Waals surface area contributed by atoms with Crippen LogP contribution in [0.1, 0.15) is 51.1 Å². The quantitative estimate of drug-likeness (QED) is 0.688. The van der Waals surface area contributed by atoms with E-state index in [1.807, 2.05) is 43.1 Å². The third kappa shape index (κ3) is 5.42. The molecule has 2 aromatic rings. The summed E-state index contributed by atoms with van der Waals surface area (Å²) in [5.74, 6) is 1.80. The van der Waals surface area contributed by atoms with Crippen LogP contribution in [0.25, 0.3) is 11.4 Å². The van der Waals surface area contributed by atoms with Crippen molar-refractivity contribution in [3.63, 3.8) is 0 Å². The third-order valence-electron chi connectivity index (χ3n) is 6.06. The van der Waals surface area contributed by atoms with Gasteiger partial charge in [-0.25, -0.2) is 9.80 Å². The summed E-state index contributed by atoms with van der Waals surface area (Å²) in [4.78, 5) is 17.3. The van der Waals surface area contributed by atoms with Gasteiger partial charge in [-0.1, -0.05) is 18.6 Å².